The lowest BCUT2D eigenvalue weighted by Gasteiger charge is -2.13. The van der Waals surface area contributed by atoms with E-state index in [-0.39, 0.29) is 11.2 Å². The van der Waals surface area contributed by atoms with Crippen molar-refractivity contribution >= 4 is 23.9 Å². The quantitative estimate of drug-likeness (QED) is 0.319. The number of benzene rings is 2. The van der Waals surface area contributed by atoms with Gasteiger partial charge in [-0.15, -0.1) is 11.8 Å². The Balaban J connectivity index is 1.70. The number of nitrogens with one attached hydrogen (secondary N) is 1. The fourth-order valence-corrected chi connectivity index (χ4v) is 4.24. The molecule has 0 spiro atoms. The number of aromatic nitrogens is 1. The summed E-state index contributed by atoms with van der Waals surface area (Å²) in [5.74, 6) is -0.111. The number of hydrogen-bond acceptors (Lipinski definition) is 3. The summed E-state index contributed by atoms with van der Waals surface area (Å²) in [6.45, 7) is 12.3. The van der Waals surface area contributed by atoms with Crippen LogP contribution in [0.15, 0.2) is 58.5 Å². The summed E-state index contributed by atoms with van der Waals surface area (Å²) in [4.78, 5) is 13.5. The van der Waals surface area contributed by atoms with Crippen molar-refractivity contribution in [2.45, 2.75) is 51.7 Å². The Morgan fingerprint density at radius 3 is 2.37 bits per heavy atom. The third kappa shape index (κ3) is 5.03. The first-order valence-corrected chi connectivity index (χ1v) is 11.0. The summed E-state index contributed by atoms with van der Waals surface area (Å²) >= 11 is 1.53. The summed E-state index contributed by atoms with van der Waals surface area (Å²) in [6, 6.07) is 16.7. The van der Waals surface area contributed by atoms with Crippen molar-refractivity contribution in [1.82, 2.24) is 9.99 Å². The number of thioether (sulfide) groups is 1. The second kappa shape index (κ2) is 9.35. The molecule has 1 atom stereocenters. The average Bonchev–Trinajstić information content (AvgIpc) is 2.98. The van der Waals surface area contributed by atoms with Crippen LogP contribution in [-0.2, 0) is 4.79 Å². The average molecular weight is 420 g/mol. The molecule has 1 heterocycles. The Kier molecular flexibility index (Phi) is 6.83. The van der Waals surface area contributed by atoms with Crippen LogP contribution in [0.25, 0.3) is 5.69 Å². The molecular weight excluding hydrogens is 390 g/mol. The van der Waals surface area contributed by atoms with Gasteiger partial charge < -0.3 is 4.57 Å². The third-order valence-corrected chi connectivity index (χ3v) is 6.27. The Bertz CT molecular complexity index is 1080. The van der Waals surface area contributed by atoms with Gasteiger partial charge in [-0.25, -0.2) is 5.43 Å². The van der Waals surface area contributed by atoms with E-state index in [0.29, 0.717) is 0 Å². The molecule has 0 unspecified atom stereocenters. The second-order valence-electron chi connectivity index (χ2n) is 7.76. The van der Waals surface area contributed by atoms with Gasteiger partial charge in [0.25, 0.3) is 5.91 Å². The van der Waals surface area contributed by atoms with E-state index in [4.69, 9.17) is 0 Å². The van der Waals surface area contributed by atoms with Crippen molar-refractivity contribution in [3.8, 4) is 5.69 Å². The highest BCUT2D eigenvalue weighted by molar-refractivity contribution is 8.00. The Morgan fingerprint density at radius 2 is 1.67 bits per heavy atom. The molecule has 156 valence electrons. The first kappa shape index (κ1) is 21.9. The van der Waals surface area contributed by atoms with Crippen LogP contribution in [0, 0.1) is 34.6 Å². The highest BCUT2D eigenvalue weighted by atomic mass is 32.2. The van der Waals surface area contributed by atoms with Gasteiger partial charge >= 0.3 is 0 Å². The molecule has 1 aromatic heterocycles. The van der Waals surface area contributed by atoms with E-state index in [1.165, 1.54) is 34.1 Å². The zero-order valence-corrected chi connectivity index (χ0v) is 19.3. The summed E-state index contributed by atoms with van der Waals surface area (Å²) in [6.07, 6.45) is 1.73. The summed E-state index contributed by atoms with van der Waals surface area (Å²) in [5, 5.41) is 3.99. The standard InChI is InChI=1S/C25H29N3OS/c1-16-8-11-23(12-9-16)30-21(6)25(29)27-26-15-22-14-19(4)28(20(22)5)24-13-17(2)7-10-18(24)3/h7-15,21H,1-6H3,(H,27,29)/b26-15-/t21-/m0/s1. The van der Waals surface area contributed by atoms with Crippen LogP contribution < -0.4 is 5.43 Å². The smallest absolute Gasteiger partial charge is 0.253 e. The molecule has 0 aliphatic rings. The van der Waals surface area contributed by atoms with E-state index in [9.17, 15) is 4.79 Å². The lowest BCUT2D eigenvalue weighted by molar-refractivity contribution is -0.120. The van der Waals surface area contributed by atoms with Gasteiger partial charge in [0.15, 0.2) is 0 Å². The topological polar surface area (TPSA) is 46.4 Å². The molecule has 3 rings (SSSR count). The number of hydrazone groups is 1. The second-order valence-corrected chi connectivity index (χ2v) is 9.17. The molecule has 0 radical (unpaired) electrons. The van der Waals surface area contributed by atoms with Gasteiger partial charge in [-0.2, -0.15) is 5.10 Å². The normalized spacial score (nSPS) is 12.3. The molecule has 0 saturated heterocycles. The summed E-state index contributed by atoms with van der Waals surface area (Å²) in [5.41, 5.74) is 10.7. The van der Waals surface area contributed by atoms with Gasteiger partial charge in [0, 0.05) is 27.5 Å². The third-order valence-electron chi connectivity index (χ3n) is 5.16. The van der Waals surface area contributed by atoms with Crippen LogP contribution in [0.3, 0.4) is 0 Å². The fraction of sp³-hybridized carbons (Fsp3) is 0.280. The predicted molar refractivity (Wildman–Crippen MR) is 127 cm³/mol. The molecular formula is C25H29N3OS. The van der Waals surface area contributed by atoms with E-state index in [0.717, 1.165) is 21.8 Å². The molecule has 2 aromatic carbocycles. The fourth-order valence-electron chi connectivity index (χ4n) is 3.38. The SMILES string of the molecule is Cc1ccc(S[C@@H](C)C(=O)N/N=C\c2cc(C)n(-c3cc(C)ccc3C)c2C)cc1. The Hall–Kier alpha value is -2.79. The minimum atomic E-state index is -0.229. The van der Waals surface area contributed by atoms with Crippen molar-refractivity contribution in [1.29, 1.82) is 0 Å². The van der Waals surface area contributed by atoms with Gasteiger partial charge in [0.05, 0.1) is 11.5 Å². The number of hydrogen-bond donors (Lipinski definition) is 1. The van der Waals surface area contributed by atoms with Crippen LogP contribution >= 0.6 is 11.8 Å². The maximum absolute atomic E-state index is 12.4. The van der Waals surface area contributed by atoms with Gasteiger partial charge in [-0.1, -0.05) is 29.8 Å². The highest BCUT2D eigenvalue weighted by Gasteiger charge is 2.14. The van der Waals surface area contributed by atoms with E-state index >= 15 is 0 Å². The number of nitrogens with zero attached hydrogens (tertiary/aromatic N) is 2. The van der Waals surface area contributed by atoms with Crippen molar-refractivity contribution in [3.63, 3.8) is 0 Å². The van der Waals surface area contributed by atoms with Crippen LogP contribution in [0.4, 0.5) is 0 Å². The molecule has 30 heavy (non-hydrogen) atoms. The van der Waals surface area contributed by atoms with Gasteiger partial charge in [0.1, 0.15) is 0 Å². The van der Waals surface area contributed by atoms with Gasteiger partial charge in [-0.3, -0.25) is 4.79 Å². The molecule has 0 saturated carbocycles. The van der Waals surface area contributed by atoms with Crippen LogP contribution in [0.2, 0.25) is 0 Å². The van der Waals surface area contributed by atoms with E-state index in [1.807, 2.05) is 19.1 Å². The van der Waals surface area contributed by atoms with Crippen molar-refractivity contribution in [2.24, 2.45) is 5.10 Å². The first-order valence-electron chi connectivity index (χ1n) is 10.1. The largest absolute Gasteiger partial charge is 0.318 e. The molecule has 3 aromatic rings. The van der Waals surface area contributed by atoms with E-state index in [1.54, 1.807) is 6.21 Å². The molecule has 5 heteroatoms. The zero-order chi connectivity index (χ0) is 21.8. The maximum Gasteiger partial charge on any atom is 0.253 e. The molecule has 0 aliphatic heterocycles. The van der Waals surface area contributed by atoms with E-state index < -0.39 is 0 Å². The number of amides is 1. The predicted octanol–water partition coefficient (Wildman–Crippen LogP) is 5.65. The van der Waals surface area contributed by atoms with Gasteiger partial charge in [0.2, 0.25) is 0 Å². The highest BCUT2D eigenvalue weighted by Crippen LogP contribution is 2.24. The van der Waals surface area contributed by atoms with Gasteiger partial charge in [-0.05, 0) is 76.9 Å². The molecule has 1 N–H and O–H groups in total. The minimum absolute atomic E-state index is 0.111. The number of aryl methyl sites for hydroxylation is 4. The minimum Gasteiger partial charge on any atom is -0.318 e. The van der Waals surface area contributed by atoms with Crippen molar-refractivity contribution in [3.05, 3.63) is 82.2 Å². The van der Waals surface area contributed by atoms with Crippen molar-refractivity contribution < 1.29 is 4.79 Å². The zero-order valence-electron chi connectivity index (χ0n) is 18.5. The van der Waals surface area contributed by atoms with E-state index in [2.05, 4.69) is 86.1 Å². The molecule has 0 aliphatic carbocycles. The molecule has 0 bridgehead atoms. The summed E-state index contributed by atoms with van der Waals surface area (Å²) < 4.78 is 2.24. The molecule has 4 nitrogen and oxygen atoms in total. The van der Waals surface area contributed by atoms with Crippen molar-refractivity contribution in [2.75, 3.05) is 0 Å². The lowest BCUT2D eigenvalue weighted by Crippen LogP contribution is -2.26. The molecule has 0 fully saturated rings. The van der Waals surface area contributed by atoms with Crippen LogP contribution in [0.1, 0.15) is 40.6 Å². The monoisotopic (exact) mass is 419 g/mol. The Morgan fingerprint density at radius 1 is 1.00 bits per heavy atom. The number of rotatable bonds is 6. The maximum atomic E-state index is 12.4. The Labute approximate surface area is 183 Å². The molecule has 1 amide bonds. The number of carbonyl (C=O) groups excluding carboxylic acids is 1. The lowest BCUT2D eigenvalue weighted by atomic mass is 10.1. The number of carbonyl (C=O) groups is 1. The van der Waals surface area contributed by atoms with Crippen LogP contribution in [-0.4, -0.2) is 21.9 Å². The first-order chi connectivity index (χ1) is 14.3. The summed E-state index contributed by atoms with van der Waals surface area (Å²) in [7, 11) is 0. The van der Waals surface area contributed by atoms with Crippen LogP contribution in [0.5, 0.6) is 0 Å².